The van der Waals surface area contributed by atoms with Crippen molar-refractivity contribution in [1.82, 2.24) is 4.57 Å². The number of hydrogen-bond acceptors (Lipinski definition) is 5. The van der Waals surface area contributed by atoms with E-state index in [1.54, 1.807) is 13.0 Å². The number of fused-ring (bicyclic) bond motifs is 1. The Morgan fingerprint density at radius 3 is 2.36 bits per heavy atom. The van der Waals surface area contributed by atoms with Crippen LogP contribution in [-0.2, 0) is 11.3 Å². The summed E-state index contributed by atoms with van der Waals surface area (Å²) in [5.41, 5.74) is 3.79. The number of nitrogens with zero attached hydrogens (tertiary/aromatic N) is 1. The van der Waals surface area contributed by atoms with E-state index in [-0.39, 0.29) is 17.6 Å². The van der Waals surface area contributed by atoms with Crippen LogP contribution in [0.5, 0.6) is 0 Å². The lowest BCUT2D eigenvalue weighted by Crippen LogP contribution is -2.23. The molecule has 0 saturated heterocycles. The minimum atomic E-state index is -0.562. The Hall–Kier alpha value is -2.73. The molecule has 0 aliphatic carbocycles. The molecular weight excluding hydrogens is 372 g/mol. The fraction of sp³-hybridized carbons (Fsp3) is 0.273. The van der Waals surface area contributed by atoms with E-state index >= 15 is 0 Å². The third kappa shape index (κ3) is 3.52. The van der Waals surface area contributed by atoms with Gasteiger partial charge < -0.3 is 14.6 Å². The second-order valence-corrected chi connectivity index (χ2v) is 7.03. The fourth-order valence-corrected chi connectivity index (χ4v) is 4.17. The summed E-state index contributed by atoms with van der Waals surface area (Å²) in [5.74, 6) is -0.562. The molecule has 0 saturated carbocycles. The number of ether oxygens (including phenoxy) is 1. The lowest BCUT2D eigenvalue weighted by atomic mass is 10.0. The van der Waals surface area contributed by atoms with Gasteiger partial charge in [0.15, 0.2) is 0 Å². The molecule has 3 rings (SSSR count). The van der Waals surface area contributed by atoms with Gasteiger partial charge >= 0.3 is 5.97 Å². The van der Waals surface area contributed by atoms with Crippen molar-refractivity contribution in [3.8, 4) is 11.1 Å². The zero-order chi connectivity index (χ0) is 20.3. The Labute approximate surface area is 168 Å². The molecule has 0 aliphatic rings. The van der Waals surface area contributed by atoms with E-state index in [9.17, 15) is 9.59 Å². The number of benzene rings is 2. The van der Waals surface area contributed by atoms with Gasteiger partial charge in [-0.15, -0.1) is 11.8 Å². The highest BCUT2D eigenvalue weighted by atomic mass is 32.2. The van der Waals surface area contributed by atoms with Gasteiger partial charge in [0.05, 0.1) is 17.1 Å². The Morgan fingerprint density at radius 1 is 1.11 bits per heavy atom. The number of pyridine rings is 1. The van der Waals surface area contributed by atoms with Gasteiger partial charge in [-0.1, -0.05) is 18.2 Å². The molecular formula is C22H24N2O3S. The maximum Gasteiger partial charge on any atom is 0.344 e. The Balaban J connectivity index is 2.26. The van der Waals surface area contributed by atoms with Crippen molar-refractivity contribution < 1.29 is 9.53 Å². The average Bonchev–Trinajstić information content (AvgIpc) is 2.73. The summed E-state index contributed by atoms with van der Waals surface area (Å²) in [6.45, 7) is 4.62. The van der Waals surface area contributed by atoms with E-state index in [4.69, 9.17) is 4.74 Å². The van der Waals surface area contributed by atoms with Crippen LogP contribution in [0.2, 0.25) is 0 Å². The smallest absolute Gasteiger partial charge is 0.344 e. The van der Waals surface area contributed by atoms with Gasteiger partial charge in [0.1, 0.15) is 5.56 Å². The molecule has 1 aromatic heterocycles. The largest absolute Gasteiger partial charge is 0.462 e. The van der Waals surface area contributed by atoms with E-state index in [0.717, 1.165) is 22.3 Å². The van der Waals surface area contributed by atoms with Gasteiger partial charge in [-0.3, -0.25) is 4.79 Å². The van der Waals surface area contributed by atoms with E-state index in [1.165, 1.54) is 11.8 Å². The summed E-state index contributed by atoms with van der Waals surface area (Å²) in [6.07, 6.45) is 1.87. The lowest BCUT2D eigenvalue weighted by Gasteiger charge is -2.18. The number of aromatic nitrogens is 1. The zero-order valence-electron chi connectivity index (χ0n) is 16.5. The molecule has 0 unspecified atom stereocenters. The third-order valence-corrected chi connectivity index (χ3v) is 5.53. The van der Waals surface area contributed by atoms with Gasteiger partial charge in [0, 0.05) is 24.7 Å². The van der Waals surface area contributed by atoms with Crippen molar-refractivity contribution in [2.75, 3.05) is 25.2 Å². The highest BCUT2D eigenvalue weighted by molar-refractivity contribution is 7.98. The van der Waals surface area contributed by atoms with Crippen molar-refractivity contribution >= 4 is 34.3 Å². The first-order valence-corrected chi connectivity index (χ1v) is 10.5. The molecule has 0 atom stereocenters. The van der Waals surface area contributed by atoms with Crippen LogP contribution < -0.4 is 10.7 Å². The van der Waals surface area contributed by atoms with Crippen LogP contribution in [-0.4, -0.2) is 30.4 Å². The first-order chi connectivity index (χ1) is 13.5. The molecule has 28 heavy (non-hydrogen) atoms. The first-order valence-electron chi connectivity index (χ1n) is 9.25. The lowest BCUT2D eigenvalue weighted by molar-refractivity contribution is 0.0519. The van der Waals surface area contributed by atoms with Crippen LogP contribution >= 0.6 is 11.8 Å². The van der Waals surface area contributed by atoms with Gasteiger partial charge in [-0.05, 0) is 55.5 Å². The normalized spacial score (nSPS) is 10.9. The molecule has 146 valence electrons. The van der Waals surface area contributed by atoms with Crippen molar-refractivity contribution in [1.29, 1.82) is 0 Å². The van der Waals surface area contributed by atoms with Crippen molar-refractivity contribution in [2.24, 2.45) is 0 Å². The standard InChI is InChI=1S/C22H24N2O3S/c1-5-24-18-13-15(14-7-10-16(23-3)11-8-14)9-12-17(18)20(25)19(21(24)28-4)22(26)27-6-2/h7-13,23H,5-6H2,1-4H3. The maximum atomic E-state index is 13.1. The summed E-state index contributed by atoms with van der Waals surface area (Å²) in [7, 11) is 1.88. The Morgan fingerprint density at radius 2 is 1.79 bits per heavy atom. The van der Waals surface area contributed by atoms with Crippen molar-refractivity contribution in [3.63, 3.8) is 0 Å². The van der Waals surface area contributed by atoms with Crippen LogP contribution in [0, 0.1) is 0 Å². The van der Waals surface area contributed by atoms with Crippen LogP contribution in [0.1, 0.15) is 24.2 Å². The van der Waals surface area contributed by atoms with Gasteiger partial charge in [0.2, 0.25) is 5.43 Å². The number of aryl methyl sites for hydroxylation is 1. The molecule has 0 bridgehead atoms. The molecule has 0 spiro atoms. The molecule has 2 aromatic carbocycles. The highest BCUT2D eigenvalue weighted by Crippen LogP contribution is 2.29. The second kappa shape index (κ2) is 8.52. The number of hydrogen-bond donors (Lipinski definition) is 1. The topological polar surface area (TPSA) is 60.3 Å². The summed E-state index contributed by atoms with van der Waals surface area (Å²) >= 11 is 1.39. The van der Waals surface area contributed by atoms with Crippen LogP contribution in [0.4, 0.5) is 5.69 Å². The Kier molecular flexibility index (Phi) is 6.09. The van der Waals surface area contributed by atoms with E-state index in [1.807, 2.05) is 61.2 Å². The van der Waals surface area contributed by atoms with Crippen LogP contribution in [0.25, 0.3) is 22.0 Å². The summed E-state index contributed by atoms with van der Waals surface area (Å²) in [6, 6.07) is 13.9. The predicted molar refractivity (Wildman–Crippen MR) is 117 cm³/mol. The number of carbonyl (C=O) groups is 1. The number of nitrogens with one attached hydrogen (secondary N) is 1. The monoisotopic (exact) mass is 396 g/mol. The molecule has 5 nitrogen and oxygen atoms in total. The number of esters is 1. The zero-order valence-corrected chi connectivity index (χ0v) is 17.4. The van der Waals surface area contributed by atoms with Crippen LogP contribution in [0.3, 0.4) is 0 Å². The molecule has 0 radical (unpaired) electrons. The number of carbonyl (C=O) groups excluding carboxylic acids is 1. The van der Waals surface area contributed by atoms with Crippen molar-refractivity contribution in [3.05, 3.63) is 58.3 Å². The van der Waals surface area contributed by atoms with Crippen molar-refractivity contribution in [2.45, 2.75) is 25.4 Å². The fourth-order valence-electron chi connectivity index (χ4n) is 3.34. The quantitative estimate of drug-likeness (QED) is 0.486. The van der Waals surface area contributed by atoms with E-state index in [0.29, 0.717) is 17.0 Å². The number of rotatable bonds is 6. The minimum absolute atomic E-state index is 0.120. The van der Waals surface area contributed by atoms with Gasteiger partial charge in [0.25, 0.3) is 0 Å². The molecule has 0 fully saturated rings. The summed E-state index contributed by atoms with van der Waals surface area (Å²) in [4.78, 5) is 25.5. The molecule has 0 amide bonds. The SMILES string of the molecule is CCOC(=O)c1c(SC)n(CC)c2cc(-c3ccc(NC)cc3)ccc2c1=O. The molecule has 3 aromatic rings. The molecule has 0 aliphatic heterocycles. The predicted octanol–water partition coefficient (Wildman–Crippen LogP) is 4.63. The van der Waals surface area contributed by atoms with Crippen LogP contribution in [0.15, 0.2) is 52.3 Å². The second-order valence-electron chi connectivity index (χ2n) is 6.24. The molecule has 1 heterocycles. The molecule has 1 N–H and O–H groups in total. The van der Waals surface area contributed by atoms with E-state index < -0.39 is 5.97 Å². The number of thioether (sulfide) groups is 1. The first kappa shape index (κ1) is 20.0. The molecule has 6 heteroatoms. The van der Waals surface area contributed by atoms with Gasteiger partial charge in [-0.25, -0.2) is 4.79 Å². The summed E-state index contributed by atoms with van der Waals surface area (Å²) in [5, 5.41) is 4.28. The van der Waals surface area contributed by atoms with Gasteiger partial charge in [-0.2, -0.15) is 0 Å². The Bertz CT molecular complexity index is 1070. The minimum Gasteiger partial charge on any atom is -0.462 e. The maximum absolute atomic E-state index is 13.1. The summed E-state index contributed by atoms with van der Waals surface area (Å²) < 4.78 is 7.16. The third-order valence-electron chi connectivity index (χ3n) is 4.72. The average molecular weight is 397 g/mol. The van der Waals surface area contributed by atoms with E-state index in [2.05, 4.69) is 5.32 Å². The highest BCUT2D eigenvalue weighted by Gasteiger charge is 2.23. The number of anilines is 1.